The normalized spacial score (nSPS) is 14.9. The summed E-state index contributed by atoms with van der Waals surface area (Å²) in [5.41, 5.74) is 2.57. The van der Waals surface area contributed by atoms with Gasteiger partial charge in [-0.15, -0.1) is 0 Å². The molecule has 0 aliphatic carbocycles. The quantitative estimate of drug-likeness (QED) is 0.692. The van der Waals surface area contributed by atoms with E-state index in [0.29, 0.717) is 17.9 Å². The van der Waals surface area contributed by atoms with Gasteiger partial charge in [0, 0.05) is 50.4 Å². The number of hydrogen-bond donors (Lipinski definition) is 1. The van der Waals surface area contributed by atoms with Crippen LogP contribution in [0.2, 0.25) is 0 Å². The van der Waals surface area contributed by atoms with E-state index in [1.807, 2.05) is 12.1 Å². The first-order valence-electron chi connectivity index (χ1n) is 9.71. The molecule has 1 aromatic heterocycles. The lowest BCUT2D eigenvalue weighted by atomic mass is 10.1. The van der Waals surface area contributed by atoms with E-state index in [2.05, 4.69) is 26.9 Å². The average molecular weight is 397 g/mol. The highest BCUT2D eigenvalue weighted by molar-refractivity contribution is 5.60. The number of piperazine rings is 1. The Labute approximate surface area is 168 Å². The monoisotopic (exact) mass is 397 g/mol. The molecule has 1 aliphatic heterocycles. The Kier molecular flexibility index (Phi) is 5.67. The molecule has 1 N–H and O–H groups in total. The second-order valence-electron chi connectivity index (χ2n) is 7.10. The van der Waals surface area contributed by atoms with Crippen LogP contribution >= 0.6 is 0 Å². The van der Waals surface area contributed by atoms with Crippen molar-refractivity contribution in [2.24, 2.45) is 0 Å². The van der Waals surface area contributed by atoms with Crippen LogP contribution in [0.5, 0.6) is 5.75 Å². The number of H-pyrrole nitrogens is 1. The Morgan fingerprint density at radius 3 is 2.38 bits per heavy atom. The molecule has 2 heterocycles. The first kappa shape index (κ1) is 19.3. The smallest absolute Gasteiger partial charge is 0.416 e. The number of nitrogens with one attached hydrogen (secondary N) is 1. The number of methoxy groups -OCH3 is 1. The minimum Gasteiger partial charge on any atom is -0.497 e. The van der Waals surface area contributed by atoms with Gasteiger partial charge >= 0.3 is 5.76 Å². The average Bonchev–Trinajstić information content (AvgIpc) is 3.14. The summed E-state index contributed by atoms with van der Waals surface area (Å²) in [6.45, 7) is 4.55. The largest absolute Gasteiger partial charge is 0.497 e. The third kappa shape index (κ3) is 4.51. The van der Waals surface area contributed by atoms with E-state index in [-0.39, 0.29) is 5.82 Å². The molecule has 3 aromatic rings. The first-order valence-corrected chi connectivity index (χ1v) is 9.71. The molecule has 0 spiro atoms. The molecule has 1 fully saturated rings. The molecule has 0 amide bonds. The van der Waals surface area contributed by atoms with Crippen LogP contribution in [0, 0.1) is 5.82 Å². The molecule has 152 valence electrons. The van der Waals surface area contributed by atoms with Crippen molar-refractivity contribution >= 4 is 5.69 Å². The number of nitrogens with zero attached hydrogens (tertiary/aromatic N) is 2. The zero-order chi connectivity index (χ0) is 20.2. The maximum Gasteiger partial charge on any atom is 0.416 e. The summed E-state index contributed by atoms with van der Waals surface area (Å²) in [7, 11) is 1.67. The molecule has 7 heteroatoms. The van der Waals surface area contributed by atoms with Gasteiger partial charge in [-0.05, 0) is 48.5 Å². The molecular weight excluding hydrogens is 373 g/mol. The van der Waals surface area contributed by atoms with Crippen LogP contribution < -0.4 is 15.4 Å². The highest BCUT2D eigenvalue weighted by Gasteiger charge is 2.19. The number of anilines is 1. The third-order valence-corrected chi connectivity index (χ3v) is 5.32. The van der Waals surface area contributed by atoms with E-state index in [1.54, 1.807) is 19.2 Å². The number of ether oxygens (including phenoxy) is 1. The van der Waals surface area contributed by atoms with Crippen molar-refractivity contribution < 1.29 is 13.5 Å². The molecule has 0 bridgehead atoms. The van der Waals surface area contributed by atoms with Crippen LogP contribution in [0.1, 0.15) is 5.76 Å². The molecule has 4 rings (SSSR count). The van der Waals surface area contributed by atoms with Crippen molar-refractivity contribution in [2.75, 3.05) is 44.7 Å². The summed E-state index contributed by atoms with van der Waals surface area (Å²) in [4.78, 5) is 19.2. The van der Waals surface area contributed by atoms with Crippen LogP contribution in [0.4, 0.5) is 10.1 Å². The predicted molar refractivity (Wildman–Crippen MR) is 110 cm³/mol. The maximum absolute atomic E-state index is 13.2. The van der Waals surface area contributed by atoms with E-state index < -0.39 is 5.76 Å². The van der Waals surface area contributed by atoms with E-state index >= 15 is 0 Å². The van der Waals surface area contributed by atoms with Crippen molar-refractivity contribution in [1.29, 1.82) is 0 Å². The predicted octanol–water partition coefficient (Wildman–Crippen LogP) is 3.15. The lowest BCUT2D eigenvalue weighted by Gasteiger charge is -2.36. The fraction of sp³-hybridized carbons (Fsp3) is 0.318. The number of benzene rings is 2. The summed E-state index contributed by atoms with van der Waals surface area (Å²) in [5.74, 6) is 0.677. The van der Waals surface area contributed by atoms with Gasteiger partial charge in [0.05, 0.1) is 12.8 Å². The summed E-state index contributed by atoms with van der Waals surface area (Å²) in [6.07, 6.45) is 0.619. The Hall–Kier alpha value is -3.06. The number of hydrogen-bond acceptors (Lipinski definition) is 5. The molecule has 0 radical (unpaired) electrons. The van der Waals surface area contributed by atoms with Crippen LogP contribution in [-0.4, -0.2) is 49.7 Å². The van der Waals surface area contributed by atoms with Crippen LogP contribution in [0.15, 0.2) is 57.7 Å². The molecule has 0 unspecified atom stereocenters. The number of oxazole rings is 1. The van der Waals surface area contributed by atoms with Gasteiger partial charge in [0.15, 0.2) is 0 Å². The zero-order valence-electron chi connectivity index (χ0n) is 16.4. The fourth-order valence-electron chi connectivity index (χ4n) is 3.67. The highest BCUT2D eigenvalue weighted by Crippen LogP contribution is 2.23. The standard InChI is InChI=1S/C22H24FN3O3/c1-28-19-8-6-18(7-9-19)26-14-12-25(13-15-26)11-10-20-21(24-22(27)29-20)16-2-4-17(23)5-3-16/h2-9H,10-15H2,1H3,(H,24,27). The number of aromatic amines is 1. The summed E-state index contributed by atoms with van der Waals surface area (Å²) in [5, 5.41) is 0. The Morgan fingerprint density at radius 1 is 1.03 bits per heavy atom. The minimum atomic E-state index is -0.483. The second-order valence-corrected chi connectivity index (χ2v) is 7.10. The van der Waals surface area contributed by atoms with Crippen LogP contribution in [-0.2, 0) is 6.42 Å². The van der Waals surface area contributed by atoms with Crippen LogP contribution in [0.25, 0.3) is 11.3 Å². The zero-order valence-corrected chi connectivity index (χ0v) is 16.4. The van der Waals surface area contributed by atoms with E-state index in [1.165, 1.54) is 17.8 Å². The highest BCUT2D eigenvalue weighted by atomic mass is 19.1. The topological polar surface area (TPSA) is 61.7 Å². The van der Waals surface area contributed by atoms with Crippen molar-refractivity contribution in [2.45, 2.75) is 6.42 Å². The van der Waals surface area contributed by atoms with Gasteiger partial charge in [-0.3, -0.25) is 9.88 Å². The molecule has 2 aromatic carbocycles. The molecule has 6 nitrogen and oxygen atoms in total. The summed E-state index contributed by atoms with van der Waals surface area (Å²) in [6, 6.07) is 14.2. The lowest BCUT2D eigenvalue weighted by Crippen LogP contribution is -2.47. The van der Waals surface area contributed by atoms with Crippen LogP contribution in [0.3, 0.4) is 0 Å². The SMILES string of the molecule is COc1ccc(N2CCN(CCc3oc(=O)[nH]c3-c3ccc(F)cc3)CC2)cc1. The molecule has 0 atom stereocenters. The molecular formula is C22H24FN3O3. The molecule has 1 aliphatic rings. The lowest BCUT2D eigenvalue weighted by molar-refractivity contribution is 0.254. The van der Waals surface area contributed by atoms with Gasteiger partial charge in [-0.25, -0.2) is 9.18 Å². The summed E-state index contributed by atoms with van der Waals surface area (Å²) < 4.78 is 23.7. The van der Waals surface area contributed by atoms with Gasteiger partial charge < -0.3 is 14.1 Å². The molecule has 1 saturated heterocycles. The van der Waals surface area contributed by atoms with Gasteiger partial charge in [0.2, 0.25) is 0 Å². The van der Waals surface area contributed by atoms with E-state index in [4.69, 9.17) is 9.15 Å². The first-order chi connectivity index (χ1) is 14.1. The van der Waals surface area contributed by atoms with Crippen molar-refractivity contribution in [3.05, 3.63) is 70.7 Å². The maximum atomic E-state index is 13.2. The van der Waals surface area contributed by atoms with Gasteiger partial charge in [0.1, 0.15) is 17.3 Å². The van der Waals surface area contributed by atoms with Crippen molar-refractivity contribution in [1.82, 2.24) is 9.88 Å². The molecule has 0 saturated carbocycles. The van der Waals surface area contributed by atoms with E-state index in [9.17, 15) is 9.18 Å². The summed E-state index contributed by atoms with van der Waals surface area (Å²) >= 11 is 0. The minimum absolute atomic E-state index is 0.309. The van der Waals surface area contributed by atoms with E-state index in [0.717, 1.165) is 44.0 Å². The number of halogens is 1. The van der Waals surface area contributed by atoms with Gasteiger partial charge in [-0.2, -0.15) is 0 Å². The Bertz CT molecular complexity index is 987. The fourth-order valence-corrected chi connectivity index (χ4v) is 3.67. The Morgan fingerprint density at radius 2 is 1.72 bits per heavy atom. The Balaban J connectivity index is 1.35. The molecule has 29 heavy (non-hydrogen) atoms. The van der Waals surface area contributed by atoms with Crippen molar-refractivity contribution in [3.63, 3.8) is 0 Å². The third-order valence-electron chi connectivity index (χ3n) is 5.32. The van der Waals surface area contributed by atoms with Crippen molar-refractivity contribution in [3.8, 4) is 17.0 Å². The van der Waals surface area contributed by atoms with Gasteiger partial charge in [-0.1, -0.05) is 0 Å². The van der Waals surface area contributed by atoms with Gasteiger partial charge in [0.25, 0.3) is 0 Å². The number of aromatic nitrogens is 1. The second kappa shape index (κ2) is 8.53. The number of rotatable bonds is 6.